The second-order valence-electron chi connectivity index (χ2n) is 4.65. The molecule has 0 aromatic rings. The van der Waals surface area contributed by atoms with Crippen LogP contribution in [-0.2, 0) is 9.47 Å². The molecule has 0 radical (unpaired) electrons. The Bertz CT molecular complexity index is 180. The molecule has 2 saturated heterocycles. The Balaban J connectivity index is 1.42. The van der Waals surface area contributed by atoms with Crippen molar-refractivity contribution in [1.29, 1.82) is 0 Å². The molecular weight excluding hydrogens is 222 g/mol. The van der Waals surface area contributed by atoms with E-state index in [1.807, 2.05) is 0 Å². The first-order valence-electron chi connectivity index (χ1n) is 6.42. The Morgan fingerprint density at radius 2 is 2.12 bits per heavy atom. The van der Waals surface area contributed by atoms with Crippen molar-refractivity contribution >= 4 is 11.8 Å². The van der Waals surface area contributed by atoms with E-state index >= 15 is 0 Å². The Hall–Kier alpha value is 0.230. The molecule has 3 nitrogen and oxygen atoms in total. The second-order valence-corrected chi connectivity index (χ2v) is 5.87. The fourth-order valence-corrected chi connectivity index (χ4v) is 3.31. The van der Waals surface area contributed by atoms with Crippen LogP contribution in [0.2, 0.25) is 0 Å². The molecule has 2 aliphatic rings. The van der Waals surface area contributed by atoms with Gasteiger partial charge in [-0.2, -0.15) is 11.8 Å². The summed E-state index contributed by atoms with van der Waals surface area (Å²) in [5.41, 5.74) is 0. The van der Waals surface area contributed by atoms with Crippen molar-refractivity contribution < 1.29 is 9.47 Å². The van der Waals surface area contributed by atoms with Gasteiger partial charge in [0.2, 0.25) is 0 Å². The summed E-state index contributed by atoms with van der Waals surface area (Å²) < 4.78 is 11.0. The normalized spacial score (nSPS) is 27.4. The van der Waals surface area contributed by atoms with Crippen LogP contribution in [0.3, 0.4) is 0 Å². The maximum absolute atomic E-state index is 5.66. The molecule has 4 heteroatoms. The molecule has 2 aliphatic heterocycles. The summed E-state index contributed by atoms with van der Waals surface area (Å²) in [6.45, 7) is 4.55. The van der Waals surface area contributed by atoms with Crippen molar-refractivity contribution in [2.24, 2.45) is 5.92 Å². The van der Waals surface area contributed by atoms with Crippen LogP contribution in [0.1, 0.15) is 19.3 Å². The molecule has 0 aliphatic carbocycles. The SMILES string of the molecule is C(COCC1CCOC1)NC1CCSCC1. The number of hydrogen-bond donors (Lipinski definition) is 1. The maximum Gasteiger partial charge on any atom is 0.0591 e. The van der Waals surface area contributed by atoms with E-state index in [0.29, 0.717) is 5.92 Å². The van der Waals surface area contributed by atoms with Crippen LogP contribution in [0.4, 0.5) is 0 Å². The Labute approximate surface area is 103 Å². The van der Waals surface area contributed by atoms with Gasteiger partial charge in [0.15, 0.2) is 0 Å². The van der Waals surface area contributed by atoms with Crippen molar-refractivity contribution in [3.05, 3.63) is 0 Å². The number of thioether (sulfide) groups is 1. The molecule has 94 valence electrons. The zero-order valence-electron chi connectivity index (χ0n) is 9.95. The van der Waals surface area contributed by atoms with Crippen molar-refractivity contribution in [2.45, 2.75) is 25.3 Å². The average Bonchev–Trinajstić information content (AvgIpc) is 2.83. The van der Waals surface area contributed by atoms with E-state index in [-0.39, 0.29) is 0 Å². The fraction of sp³-hybridized carbons (Fsp3) is 1.00. The minimum atomic E-state index is 0.645. The van der Waals surface area contributed by atoms with Gasteiger partial charge in [-0.15, -0.1) is 0 Å². The third-order valence-corrected chi connectivity index (χ3v) is 4.33. The summed E-state index contributed by atoms with van der Waals surface area (Å²) in [7, 11) is 0. The molecule has 16 heavy (non-hydrogen) atoms. The molecule has 0 aromatic carbocycles. The first-order valence-corrected chi connectivity index (χ1v) is 7.57. The number of nitrogens with one attached hydrogen (secondary N) is 1. The molecule has 2 rings (SSSR count). The van der Waals surface area contributed by atoms with Gasteiger partial charge in [-0.3, -0.25) is 0 Å². The van der Waals surface area contributed by atoms with Crippen molar-refractivity contribution in [2.75, 3.05) is 44.5 Å². The maximum atomic E-state index is 5.66. The molecule has 1 atom stereocenters. The van der Waals surface area contributed by atoms with Gasteiger partial charge in [0.25, 0.3) is 0 Å². The standard InChI is InChI=1S/C12H23NO2S/c1-5-14-9-11(1)10-15-6-4-13-12-2-7-16-8-3-12/h11-13H,1-10H2. The molecule has 0 aromatic heterocycles. The van der Waals surface area contributed by atoms with Gasteiger partial charge in [-0.05, 0) is 30.8 Å². The summed E-state index contributed by atoms with van der Waals surface area (Å²) in [6.07, 6.45) is 3.82. The largest absolute Gasteiger partial charge is 0.381 e. The quantitative estimate of drug-likeness (QED) is 0.719. The van der Waals surface area contributed by atoms with Crippen molar-refractivity contribution in [3.8, 4) is 0 Å². The molecule has 0 amide bonds. The summed E-state index contributed by atoms with van der Waals surface area (Å²) in [6, 6.07) is 0.736. The van der Waals surface area contributed by atoms with E-state index in [0.717, 1.165) is 39.0 Å². The van der Waals surface area contributed by atoms with E-state index in [9.17, 15) is 0 Å². The highest BCUT2D eigenvalue weighted by Crippen LogP contribution is 2.16. The van der Waals surface area contributed by atoms with Gasteiger partial charge in [-0.1, -0.05) is 0 Å². The van der Waals surface area contributed by atoms with Gasteiger partial charge < -0.3 is 14.8 Å². The number of rotatable bonds is 6. The van der Waals surface area contributed by atoms with Crippen molar-refractivity contribution in [1.82, 2.24) is 5.32 Å². The fourth-order valence-electron chi connectivity index (χ4n) is 2.20. The molecule has 0 saturated carbocycles. The summed E-state index contributed by atoms with van der Waals surface area (Å²) in [5.74, 6) is 3.28. The molecule has 1 N–H and O–H groups in total. The lowest BCUT2D eigenvalue weighted by Gasteiger charge is -2.22. The molecule has 0 spiro atoms. The first-order chi connectivity index (χ1) is 7.95. The predicted octanol–water partition coefficient (Wildman–Crippen LogP) is 1.52. The lowest BCUT2D eigenvalue weighted by atomic mass is 10.1. The summed E-state index contributed by atoms with van der Waals surface area (Å²) >= 11 is 2.07. The summed E-state index contributed by atoms with van der Waals surface area (Å²) in [5, 5.41) is 3.58. The Kier molecular flexibility index (Phi) is 5.97. The monoisotopic (exact) mass is 245 g/mol. The molecule has 1 unspecified atom stereocenters. The first kappa shape index (κ1) is 12.7. The molecular formula is C12H23NO2S. The summed E-state index contributed by atoms with van der Waals surface area (Å²) in [4.78, 5) is 0. The van der Waals surface area contributed by atoms with E-state index in [1.54, 1.807) is 0 Å². The molecule has 2 fully saturated rings. The van der Waals surface area contributed by atoms with Gasteiger partial charge in [0, 0.05) is 25.1 Å². The van der Waals surface area contributed by atoms with Crippen LogP contribution >= 0.6 is 11.8 Å². The molecule has 2 heterocycles. The van der Waals surface area contributed by atoms with Crippen LogP contribution in [0.25, 0.3) is 0 Å². The van der Waals surface area contributed by atoms with Gasteiger partial charge in [0.1, 0.15) is 0 Å². The number of ether oxygens (including phenoxy) is 2. The topological polar surface area (TPSA) is 30.5 Å². The van der Waals surface area contributed by atoms with Crippen LogP contribution in [0, 0.1) is 5.92 Å². The van der Waals surface area contributed by atoms with Crippen LogP contribution in [0.15, 0.2) is 0 Å². The third kappa shape index (κ3) is 4.62. The highest BCUT2D eigenvalue weighted by atomic mass is 32.2. The smallest absolute Gasteiger partial charge is 0.0591 e. The average molecular weight is 245 g/mol. The lowest BCUT2D eigenvalue weighted by Crippen LogP contribution is -2.35. The van der Waals surface area contributed by atoms with Gasteiger partial charge in [0.05, 0.1) is 19.8 Å². The highest BCUT2D eigenvalue weighted by Gasteiger charge is 2.15. The van der Waals surface area contributed by atoms with Crippen LogP contribution in [-0.4, -0.2) is 50.5 Å². The lowest BCUT2D eigenvalue weighted by molar-refractivity contribution is 0.0899. The minimum Gasteiger partial charge on any atom is -0.381 e. The highest BCUT2D eigenvalue weighted by molar-refractivity contribution is 7.99. The molecule has 0 bridgehead atoms. The van der Waals surface area contributed by atoms with Gasteiger partial charge >= 0.3 is 0 Å². The van der Waals surface area contributed by atoms with E-state index in [2.05, 4.69) is 17.1 Å². The zero-order chi connectivity index (χ0) is 11.1. The minimum absolute atomic E-state index is 0.645. The van der Waals surface area contributed by atoms with Crippen LogP contribution < -0.4 is 5.32 Å². The van der Waals surface area contributed by atoms with E-state index in [1.165, 1.54) is 30.8 Å². The Morgan fingerprint density at radius 1 is 1.25 bits per heavy atom. The second kappa shape index (κ2) is 7.54. The Morgan fingerprint density at radius 3 is 2.88 bits per heavy atom. The van der Waals surface area contributed by atoms with Gasteiger partial charge in [-0.25, -0.2) is 0 Å². The zero-order valence-corrected chi connectivity index (χ0v) is 10.8. The van der Waals surface area contributed by atoms with E-state index < -0.39 is 0 Å². The van der Waals surface area contributed by atoms with E-state index in [4.69, 9.17) is 9.47 Å². The van der Waals surface area contributed by atoms with Crippen LogP contribution in [0.5, 0.6) is 0 Å². The predicted molar refractivity (Wildman–Crippen MR) is 68.1 cm³/mol. The number of hydrogen-bond acceptors (Lipinski definition) is 4. The van der Waals surface area contributed by atoms with Crippen molar-refractivity contribution in [3.63, 3.8) is 0 Å². The third-order valence-electron chi connectivity index (χ3n) is 3.28.